The van der Waals surface area contributed by atoms with Gasteiger partial charge in [0.25, 0.3) is 5.91 Å². The molecule has 0 saturated carbocycles. The molecule has 0 heterocycles. The number of carbonyl (C=O) groups excluding carboxylic acids is 2. The lowest BCUT2D eigenvalue weighted by atomic mass is 9.98. The fraction of sp³-hybridized carbons (Fsp3) is 0.103. The predicted octanol–water partition coefficient (Wildman–Crippen LogP) is 6.42. The van der Waals surface area contributed by atoms with E-state index < -0.39 is 17.9 Å². The molecule has 0 aliphatic heterocycles. The van der Waals surface area contributed by atoms with Gasteiger partial charge in [0.1, 0.15) is 11.5 Å². The Kier molecular flexibility index (Phi) is 7.88. The number of amides is 1. The van der Waals surface area contributed by atoms with Crippen molar-refractivity contribution in [3.63, 3.8) is 0 Å². The molecule has 0 aromatic heterocycles. The van der Waals surface area contributed by atoms with E-state index in [1.807, 2.05) is 78.9 Å². The quantitative estimate of drug-likeness (QED) is 0.215. The maximum atomic E-state index is 13.0. The van der Waals surface area contributed by atoms with Crippen molar-refractivity contribution < 1.29 is 19.1 Å². The summed E-state index contributed by atoms with van der Waals surface area (Å²) < 4.78 is 10.9. The highest BCUT2D eigenvalue weighted by Crippen LogP contribution is 2.34. The van der Waals surface area contributed by atoms with Gasteiger partial charge in [-0.15, -0.1) is 0 Å². The second-order valence-electron chi connectivity index (χ2n) is 8.07. The van der Waals surface area contributed by atoms with Crippen molar-refractivity contribution in [1.82, 2.24) is 5.32 Å². The van der Waals surface area contributed by atoms with E-state index >= 15 is 0 Å². The Morgan fingerprint density at radius 1 is 0.917 bits per heavy atom. The molecule has 36 heavy (non-hydrogen) atoms. The van der Waals surface area contributed by atoms with Crippen molar-refractivity contribution in [3.8, 4) is 22.6 Å². The van der Waals surface area contributed by atoms with Gasteiger partial charge in [-0.05, 0) is 47.5 Å². The van der Waals surface area contributed by atoms with Crippen LogP contribution in [0.2, 0.25) is 5.02 Å². The first-order chi connectivity index (χ1) is 17.4. The number of hydrogen-bond donors (Lipinski definition) is 2. The van der Waals surface area contributed by atoms with E-state index in [0.29, 0.717) is 16.5 Å². The van der Waals surface area contributed by atoms with Gasteiger partial charge in [-0.1, -0.05) is 72.3 Å². The Morgan fingerprint density at radius 3 is 2.33 bits per heavy atom. The third-order valence-electron chi connectivity index (χ3n) is 5.65. The van der Waals surface area contributed by atoms with Crippen molar-refractivity contribution >= 4 is 29.2 Å². The minimum Gasteiger partial charge on any atom is -0.469 e. The lowest BCUT2D eigenvalue weighted by Crippen LogP contribution is -2.31. The number of carbonyl (C=O) groups is 2. The summed E-state index contributed by atoms with van der Waals surface area (Å²) in [5, 5.41) is 3.27. The number of esters is 1. The minimum atomic E-state index is -0.631. The number of nitrogen functional groups attached to an aromatic ring is 1. The highest BCUT2D eigenvalue weighted by atomic mass is 35.5. The number of nitrogens with two attached hydrogens (primary N) is 1. The molecule has 1 atom stereocenters. The molecule has 0 spiro atoms. The zero-order chi connectivity index (χ0) is 25.5. The number of para-hydroxylation sites is 2. The van der Waals surface area contributed by atoms with Crippen LogP contribution in [0.4, 0.5) is 5.69 Å². The number of halogens is 1. The molecule has 0 aliphatic carbocycles. The lowest BCUT2D eigenvalue weighted by Gasteiger charge is -2.20. The van der Waals surface area contributed by atoms with Gasteiger partial charge >= 0.3 is 5.97 Å². The number of ether oxygens (including phenoxy) is 2. The first kappa shape index (κ1) is 24.8. The minimum absolute atomic E-state index is 0.0459. The molecule has 1 unspecified atom stereocenters. The zero-order valence-electron chi connectivity index (χ0n) is 19.6. The monoisotopic (exact) mass is 500 g/mol. The number of methoxy groups -OCH3 is 1. The molecule has 1 amide bonds. The Hall–Kier alpha value is -4.29. The first-order valence-corrected chi connectivity index (χ1v) is 11.7. The molecule has 4 rings (SSSR count). The molecule has 4 aromatic rings. The summed E-state index contributed by atoms with van der Waals surface area (Å²) in [6.07, 6.45) is -0.0459. The molecule has 0 radical (unpaired) electrons. The molecule has 6 nitrogen and oxygen atoms in total. The van der Waals surface area contributed by atoms with E-state index in [4.69, 9.17) is 26.8 Å². The molecule has 0 fully saturated rings. The Morgan fingerprint density at radius 2 is 1.61 bits per heavy atom. The highest BCUT2D eigenvalue weighted by Gasteiger charge is 2.21. The van der Waals surface area contributed by atoms with E-state index in [1.165, 1.54) is 13.2 Å². The van der Waals surface area contributed by atoms with E-state index in [0.717, 1.165) is 22.4 Å². The topological polar surface area (TPSA) is 90.7 Å². The van der Waals surface area contributed by atoms with Crippen LogP contribution in [0, 0.1) is 0 Å². The fourth-order valence-corrected chi connectivity index (χ4v) is 3.94. The van der Waals surface area contributed by atoms with Gasteiger partial charge in [0.15, 0.2) is 0 Å². The van der Waals surface area contributed by atoms with Crippen LogP contribution in [0.5, 0.6) is 11.5 Å². The van der Waals surface area contributed by atoms with Crippen LogP contribution in [-0.2, 0) is 9.53 Å². The Bertz CT molecular complexity index is 1360. The smallest absolute Gasteiger partial charge is 0.307 e. The van der Waals surface area contributed by atoms with Crippen LogP contribution < -0.4 is 15.8 Å². The zero-order valence-corrected chi connectivity index (χ0v) is 20.4. The maximum absolute atomic E-state index is 13.0. The van der Waals surface area contributed by atoms with Crippen LogP contribution >= 0.6 is 11.6 Å². The number of nitrogens with one attached hydrogen (secondary N) is 1. The summed E-state index contributed by atoms with van der Waals surface area (Å²) in [6, 6.07) is 28.9. The fourth-order valence-electron chi connectivity index (χ4n) is 3.77. The van der Waals surface area contributed by atoms with Gasteiger partial charge < -0.3 is 20.5 Å². The van der Waals surface area contributed by atoms with Crippen molar-refractivity contribution in [1.29, 1.82) is 0 Å². The highest BCUT2D eigenvalue weighted by molar-refractivity contribution is 6.31. The van der Waals surface area contributed by atoms with Gasteiger partial charge in [0.2, 0.25) is 0 Å². The number of rotatable bonds is 8. The van der Waals surface area contributed by atoms with Crippen molar-refractivity contribution in [2.24, 2.45) is 0 Å². The lowest BCUT2D eigenvalue weighted by molar-refractivity contribution is -0.141. The average Bonchev–Trinajstić information content (AvgIpc) is 2.90. The van der Waals surface area contributed by atoms with E-state index in [2.05, 4.69) is 5.32 Å². The van der Waals surface area contributed by atoms with E-state index in [-0.39, 0.29) is 12.0 Å². The van der Waals surface area contributed by atoms with Gasteiger partial charge in [-0.3, -0.25) is 9.59 Å². The summed E-state index contributed by atoms with van der Waals surface area (Å²) in [5.74, 6) is 0.564. The SMILES string of the molecule is COC(=O)CC(NC(=O)c1cc(Cl)ccc1N)c1ccc(-c2ccccc2Oc2ccccc2)cc1. The van der Waals surface area contributed by atoms with Gasteiger partial charge in [-0.25, -0.2) is 0 Å². The van der Waals surface area contributed by atoms with Crippen LogP contribution in [-0.4, -0.2) is 19.0 Å². The van der Waals surface area contributed by atoms with Crippen molar-refractivity contribution in [2.75, 3.05) is 12.8 Å². The molecular weight excluding hydrogens is 476 g/mol. The average molecular weight is 501 g/mol. The van der Waals surface area contributed by atoms with Crippen molar-refractivity contribution in [2.45, 2.75) is 12.5 Å². The summed E-state index contributed by atoms with van der Waals surface area (Å²) in [7, 11) is 1.31. The van der Waals surface area contributed by atoms with Gasteiger partial charge in [0.05, 0.1) is 25.1 Å². The second kappa shape index (κ2) is 11.4. The molecule has 0 bridgehead atoms. The molecule has 182 valence electrons. The van der Waals surface area contributed by atoms with Crippen LogP contribution in [0.1, 0.15) is 28.4 Å². The normalized spacial score (nSPS) is 11.4. The predicted molar refractivity (Wildman–Crippen MR) is 141 cm³/mol. The second-order valence-corrected chi connectivity index (χ2v) is 8.51. The van der Waals surface area contributed by atoms with Crippen LogP contribution in [0.3, 0.4) is 0 Å². The maximum Gasteiger partial charge on any atom is 0.307 e. The van der Waals surface area contributed by atoms with Crippen molar-refractivity contribution in [3.05, 3.63) is 113 Å². The number of anilines is 1. The first-order valence-electron chi connectivity index (χ1n) is 11.3. The Balaban J connectivity index is 1.60. The summed E-state index contributed by atoms with van der Waals surface area (Å²) in [5.41, 5.74) is 9.06. The standard InChI is InChI=1S/C29H25ClN2O4/c1-35-28(33)18-26(32-29(34)24-17-21(30)15-16-25(24)31)20-13-11-19(12-14-20)23-9-5-6-10-27(23)36-22-7-3-2-4-8-22/h2-17,26H,18,31H2,1H3,(H,32,34). The third-order valence-corrected chi connectivity index (χ3v) is 5.88. The summed E-state index contributed by atoms with van der Waals surface area (Å²) in [6.45, 7) is 0. The molecule has 4 aromatic carbocycles. The Labute approximate surface area is 214 Å². The van der Waals surface area contributed by atoms with Gasteiger partial charge in [0, 0.05) is 16.3 Å². The van der Waals surface area contributed by atoms with Gasteiger partial charge in [-0.2, -0.15) is 0 Å². The van der Waals surface area contributed by atoms with Crippen LogP contribution in [0.15, 0.2) is 97.1 Å². The van der Waals surface area contributed by atoms with E-state index in [1.54, 1.807) is 12.1 Å². The largest absolute Gasteiger partial charge is 0.469 e. The molecule has 7 heteroatoms. The third kappa shape index (κ3) is 6.03. The van der Waals surface area contributed by atoms with Crippen LogP contribution in [0.25, 0.3) is 11.1 Å². The summed E-state index contributed by atoms with van der Waals surface area (Å²) in [4.78, 5) is 25.1. The molecule has 3 N–H and O–H groups in total. The molecule has 0 aliphatic rings. The molecule has 0 saturated heterocycles. The van der Waals surface area contributed by atoms with E-state index in [9.17, 15) is 9.59 Å². The molecular formula is C29H25ClN2O4. The number of hydrogen-bond acceptors (Lipinski definition) is 5. The summed E-state index contributed by atoms with van der Waals surface area (Å²) >= 11 is 6.04. The number of benzene rings is 4.